The van der Waals surface area contributed by atoms with Gasteiger partial charge in [-0.15, -0.1) is 0 Å². The smallest absolute Gasteiger partial charge is 0.0650 e. The summed E-state index contributed by atoms with van der Waals surface area (Å²) in [5, 5.41) is 8.17. The van der Waals surface area contributed by atoms with Crippen molar-refractivity contribution < 1.29 is 0 Å². The van der Waals surface area contributed by atoms with Crippen molar-refractivity contribution in [2.45, 2.75) is 19.8 Å². The van der Waals surface area contributed by atoms with Gasteiger partial charge in [0.2, 0.25) is 0 Å². The summed E-state index contributed by atoms with van der Waals surface area (Å²) in [5.74, 6) is 0.579. The molecule has 0 atom stereocenters. The second-order valence-electron chi connectivity index (χ2n) is 4.95. The van der Waals surface area contributed by atoms with Gasteiger partial charge >= 0.3 is 0 Å². The molecule has 0 saturated carbocycles. The Labute approximate surface area is 107 Å². The molecule has 1 heterocycles. The third-order valence-electron chi connectivity index (χ3n) is 3.35. The lowest BCUT2D eigenvalue weighted by Gasteiger charge is -2.07. The summed E-state index contributed by atoms with van der Waals surface area (Å²) < 4.78 is 0. The van der Waals surface area contributed by atoms with Crippen LogP contribution in [0, 0.1) is 0 Å². The highest BCUT2D eigenvalue weighted by atomic mass is 15.1. The van der Waals surface area contributed by atoms with Crippen molar-refractivity contribution in [3.63, 3.8) is 0 Å². The maximum atomic E-state index is 4.05. The van der Waals surface area contributed by atoms with Crippen LogP contribution in [0.1, 0.15) is 25.3 Å². The second kappa shape index (κ2) is 4.30. The number of rotatable bonds is 2. The lowest BCUT2D eigenvalue weighted by molar-refractivity contribution is 0.867. The molecule has 0 saturated heterocycles. The predicted octanol–water partition coefficient (Wildman–Crippen LogP) is 4.35. The van der Waals surface area contributed by atoms with Crippen LogP contribution in [0.3, 0.4) is 0 Å². The average molecular weight is 236 g/mol. The largest absolute Gasteiger partial charge is 0.278 e. The molecule has 2 aromatic carbocycles. The third-order valence-corrected chi connectivity index (χ3v) is 3.35. The highest BCUT2D eigenvalue weighted by Crippen LogP contribution is 2.25. The van der Waals surface area contributed by atoms with Gasteiger partial charge in [-0.25, -0.2) is 0 Å². The van der Waals surface area contributed by atoms with Gasteiger partial charge in [-0.2, -0.15) is 5.10 Å². The van der Waals surface area contributed by atoms with Gasteiger partial charge < -0.3 is 0 Å². The Morgan fingerprint density at radius 3 is 2.39 bits per heavy atom. The van der Waals surface area contributed by atoms with Crippen molar-refractivity contribution in [1.29, 1.82) is 0 Å². The van der Waals surface area contributed by atoms with Crippen LogP contribution in [0.5, 0.6) is 0 Å². The van der Waals surface area contributed by atoms with Gasteiger partial charge in [0.1, 0.15) is 0 Å². The van der Waals surface area contributed by atoms with Crippen LogP contribution in [0.25, 0.3) is 22.0 Å². The monoisotopic (exact) mass is 236 g/mol. The number of fused-ring (bicyclic) bond motifs is 1. The van der Waals surface area contributed by atoms with Gasteiger partial charge in [0.25, 0.3) is 0 Å². The van der Waals surface area contributed by atoms with Gasteiger partial charge in [-0.05, 0) is 34.7 Å². The Morgan fingerprint density at radius 1 is 0.944 bits per heavy atom. The Balaban J connectivity index is 2.02. The lowest BCUT2D eigenvalue weighted by atomic mass is 9.98. The maximum absolute atomic E-state index is 4.05. The minimum atomic E-state index is 0.579. The number of aromatic amines is 1. The summed E-state index contributed by atoms with van der Waals surface area (Å²) in [4.78, 5) is 0. The number of H-pyrrole nitrogens is 1. The number of hydrogen-bond donors (Lipinski definition) is 1. The fourth-order valence-electron chi connectivity index (χ4n) is 2.18. The van der Waals surface area contributed by atoms with Crippen molar-refractivity contribution in [1.82, 2.24) is 10.2 Å². The van der Waals surface area contributed by atoms with Crippen LogP contribution in [-0.4, -0.2) is 10.2 Å². The zero-order chi connectivity index (χ0) is 12.5. The molecule has 0 bridgehead atoms. The van der Waals surface area contributed by atoms with E-state index in [1.54, 1.807) is 0 Å². The van der Waals surface area contributed by atoms with Crippen molar-refractivity contribution in [2.24, 2.45) is 0 Å². The molecule has 0 fully saturated rings. The van der Waals surface area contributed by atoms with E-state index in [0.29, 0.717) is 5.92 Å². The van der Waals surface area contributed by atoms with E-state index in [1.165, 1.54) is 16.7 Å². The fraction of sp³-hybridized carbons (Fsp3) is 0.188. The van der Waals surface area contributed by atoms with Crippen molar-refractivity contribution >= 4 is 10.9 Å². The van der Waals surface area contributed by atoms with Gasteiger partial charge in [0, 0.05) is 5.39 Å². The molecule has 3 aromatic rings. The molecule has 0 aliphatic heterocycles. The molecule has 0 amide bonds. The molecule has 0 aliphatic rings. The number of benzene rings is 2. The van der Waals surface area contributed by atoms with Crippen molar-refractivity contribution in [2.75, 3.05) is 0 Å². The summed E-state index contributed by atoms with van der Waals surface area (Å²) in [6, 6.07) is 15.2. The SMILES string of the molecule is CC(C)c1ccc(-c2ccc3[nH]ncc3c2)cc1. The highest BCUT2D eigenvalue weighted by Gasteiger charge is 2.02. The molecule has 0 radical (unpaired) electrons. The summed E-state index contributed by atoms with van der Waals surface area (Å²) >= 11 is 0. The van der Waals surface area contributed by atoms with E-state index in [9.17, 15) is 0 Å². The minimum Gasteiger partial charge on any atom is -0.278 e. The molecule has 2 heteroatoms. The van der Waals surface area contributed by atoms with Crippen LogP contribution in [0.2, 0.25) is 0 Å². The van der Waals surface area contributed by atoms with E-state index in [-0.39, 0.29) is 0 Å². The van der Waals surface area contributed by atoms with Crippen LogP contribution in [0.15, 0.2) is 48.7 Å². The molecule has 90 valence electrons. The topological polar surface area (TPSA) is 28.7 Å². The van der Waals surface area contributed by atoms with Gasteiger partial charge in [0.05, 0.1) is 11.7 Å². The molecule has 0 spiro atoms. The molecule has 1 aromatic heterocycles. The van der Waals surface area contributed by atoms with E-state index in [0.717, 1.165) is 10.9 Å². The zero-order valence-electron chi connectivity index (χ0n) is 10.6. The Hall–Kier alpha value is -2.09. The Morgan fingerprint density at radius 2 is 1.67 bits per heavy atom. The van der Waals surface area contributed by atoms with Crippen LogP contribution in [-0.2, 0) is 0 Å². The first-order valence-electron chi connectivity index (χ1n) is 6.27. The highest BCUT2D eigenvalue weighted by molar-refractivity contribution is 5.83. The summed E-state index contributed by atoms with van der Waals surface area (Å²) in [6.45, 7) is 4.43. The molecule has 0 aliphatic carbocycles. The van der Waals surface area contributed by atoms with E-state index < -0.39 is 0 Å². The Kier molecular flexibility index (Phi) is 2.63. The average Bonchev–Trinajstić information content (AvgIpc) is 2.86. The molecular formula is C16H16N2. The van der Waals surface area contributed by atoms with Crippen molar-refractivity contribution in [3.8, 4) is 11.1 Å². The normalized spacial score (nSPS) is 11.3. The number of nitrogens with zero attached hydrogens (tertiary/aromatic N) is 1. The number of hydrogen-bond acceptors (Lipinski definition) is 1. The second-order valence-corrected chi connectivity index (χ2v) is 4.95. The van der Waals surface area contributed by atoms with Gasteiger partial charge in [0.15, 0.2) is 0 Å². The molecule has 2 nitrogen and oxygen atoms in total. The number of nitrogens with one attached hydrogen (secondary N) is 1. The molecule has 0 unspecified atom stereocenters. The quantitative estimate of drug-likeness (QED) is 0.704. The van der Waals surface area contributed by atoms with E-state index in [4.69, 9.17) is 0 Å². The standard InChI is InChI=1S/C16H16N2/c1-11(2)12-3-5-13(6-4-12)14-7-8-16-15(9-14)10-17-18-16/h3-11H,1-2H3,(H,17,18). The van der Waals surface area contributed by atoms with Gasteiger partial charge in [-0.3, -0.25) is 5.10 Å². The predicted molar refractivity (Wildman–Crippen MR) is 75.6 cm³/mol. The van der Waals surface area contributed by atoms with Crippen LogP contribution < -0.4 is 0 Å². The third kappa shape index (κ3) is 1.90. The first-order chi connectivity index (χ1) is 8.74. The summed E-state index contributed by atoms with van der Waals surface area (Å²) in [5.41, 5.74) is 4.95. The first-order valence-corrected chi connectivity index (χ1v) is 6.27. The minimum absolute atomic E-state index is 0.579. The maximum Gasteiger partial charge on any atom is 0.0650 e. The fourth-order valence-corrected chi connectivity index (χ4v) is 2.18. The molecule has 3 rings (SSSR count). The van der Waals surface area contributed by atoms with Crippen molar-refractivity contribution in [3.05, 3.63) is 54.2 Å². The molecule has 18 heavy (non-hydrogen) atoms. The van der Waals surface area contributed by atoms with E-state index in [2.05, 4.69) is 66.5 Å². The summed E-state index contributed by atoms with van der Waals surface area (Å²) in [7, 11) is 0. The number of aromatic nitrogens is 2. The lowest BCUT2D eigenvalue weighted by Crippen LogP contribution is -1.86. The van der Waals surface area contributed by atoms with Crippen LogP contribution in [0.4, 0.5) is 0 Å². The zero-order valence-corrected chi connectivity index (χ0v) is 10.6. The first kappa shape index (κ1) is 11.0. The molecule has 1 N–H and O–H groups in total. The summed E-state index contributed by atoms with van der Waals surface area (Å²) in [6.07, 6.45) is 1.86. The Bertz CT molecular complexity index is 663. The molecular weight excluding hydrogens is 220 g/mol. The van der Waals surface area contributed by atoms with Crippen LogP contribution >= 0.6 is 0 Å². The van der Waals surface area contributed by atoms with E-state index in [1.807, 2.05) is 6.20 Å². The van der Waals surface area contributed by atoms with Gasteiger partial charge in [-0.1, -0.05) is 44.2 Å². The van der Waals surface area contributed by atoms with E-state index >= 15 is 0 Å².